The first kappa shape index (κ1) is 63.8. The van der Waals surface area contributed by atoms with Crippen molar-refractivity contribution in [2.75, 3.05) is 16.0 Å². The van der Waals surface area contributed by atoms with Crippen LogP contribution in [0.5, 0.6) is 0 Å². The molecule has 0 saturated carbocycles. The van der Waals surface area contributed by atoms with Crippen LogP contribution in [0.25, 0.3) is 77.9 Å². The summed E-state index contributed by atoms with van der Waals surface area (Å²) in [5.74, 6) is 0. The second-order valence-electron chi connectivity index (χ2n) is 28.7. The highest BCUT2D eigenvalue weighted by Gasteiger charge is 2.53. The van der Waals surface area contributed by atoms with Gasteiger partial charge in [0.05, 0.1) is 16.2 Å². The molecule has 0 aliphatic heterocycles. The number of benzene rings is 17. The summed E-state index contributed by atoms with van der Waals surface area (Å²) < 4.78 is 0. The highest BCUT2D eigenvalue weighted by atomic mass is 14.9. The Kier molecular flexibility index (Phi) is 15.6. The van der Waals surface area contributed by atoms with Crippen molar-refractivity contribution in [3.05, 3.63) is 491 Å². The summed E-state index contributed by atoms with van der Waals surface area (Å²) in [6.07, 6.45) is 0. The number of rotatable bonds is 10. The molecule has 0 amide bonds. The van der Waals surface area contributed by atoms with Crippen LogP contribution in [0.2, 0.25) is 0 Å². The van der Waals surface area contributed by atoms with Crippen LogP contribution in [0.4, 0.5) is 34.1 Å². The van der Waals surface area contributed by atoms with Gasteiger partial charge in [-0.3, -0.25) is 0 Å². The normalized spacial score (nSPS) is 13.4. The highest BCUT2D eigenvalue weighted by molar-refractivity contribution is 5.98. The second kappa shape index (κ2) is 26.4. The lowest BCUT2D eigenvalue weighted by Crippen LogP contribution is -2.28. The molecule has 17 aromatic carbocycles. The molecule has 0 atom stereocenters. The Morgan fingerprint density at radius 3 is 0.611 bits per heavy atom. The zero-order chi connectivity index (χ0) is 71.6. The Morgan fingerprint density at radius 1 is 0.130 bits per heavy atom. The van der Waals surface area contributed by atoms with E-state index in [2.05, 4.69) is 435 Å². The first-order valence-electron chi connectivity index (χ1n) is 37.5. The largest absolute Gasteiger partial charge is 0.356 e. The molecule has 0 aromatic heterocycles. The summed E-state index contributed by atoms with van der Waals surface area (Å²) in [4.78, 5) is 0. The van der Waals surface area contributed by atoms with Gasteiger partial charge in [-0.05, 0) is 217 Å². The molecule has 0 fully saturated rings. The maximum absolute atomic E-state index is 3.69. The van der Waals surface area contributed by atoms with Gasteiger partial charge in [0.15, 0.2) is 0 Å². The van der Waals surface area contributed by atoms with Gasteiger partial charge in [-0.25, -0.2) is 0 Å². The standard InChI is InChI=1S/C37H25N.C37H27N.C31H21N/c1-2-10-25(11-3-1)26-18-20-27(21-19-26)38-28-22-23-32-31-14-6-9-17-35(31)37(36(32)24-28)33-15-7-4-12-29(33)30-13-5-8-16-34(30)37;1-4-12-27(13-5-1)28-20-22-31(23-21-28)38-32-24-25-34-33-18-10-11-19-35(33)37(36(34)26-32,29-14-6-2-7-15-29)30-16-8-3-9-17-30;1-2-10-21(11-3-1)32-22-18-19-26-25-14-6-9-17-29(25)31(30(26)20-22)27-15-7-4-12-23(27)24-13-5-8-16-28(24)31/h1-24,38H;1-26,38H;1-20,32H. The summed E-state index contributed by atoms with van der Waals surface area (Å²) in [7, 11) is 0. The predicted octanol–water partition coefficient (Wildman–Crippen LogP) is 26.7. The van der Waals surface area contributed by atoms with E-state index >= 15 is 0 Å². The average Bonchev–Trinajstić information content (AvgIpc) is 1.52. The van der Waals surface area contributed by atoms with Crippen molar-refractivity contribution in [2.45, 2.75) is 16.2 Å². The Balaban J connectivity index is 0.000000107. The van der Waals surface area contributed by atoms with Crippen molar-refractivity contribution >= 4 is 34.1 Å². The summed E-state index contributed by atoms with van der Waals surface area (Å²) >= 11 is 0. The molecule has 22 rings (SSSR count). The zero-order valence-corrected chi connectivity index (χ0v) is 59.4. The minimum absolute atomic E-state index is 0.284. The molecule has 2 spiro atoms. The highest BCUT2D eigenvalue weighted by Crippen LogP contribution is 2.65. The predicted molar refractivity (Wildman–Crippen MR) is 449 cm³/mol. The maximum Gasteiger partial charge on any atom is 0.0726 e. The van der Waals surface area contributed by atoms with E-state index in [0.717, 1.165) is 34.1 Å². The molecule has 508 valence electrons. The average molecular weight is 1380 g/mol. The van der Waals surface area contributed by atoms with E-state index in [-0.39, 0.29) is 16.2 Å². The molecule has 0 bridgehead atoms. The number of nitrogens with one attached hydrogen (secondary N) is 3. The molecule has 0 unspecified atom stereocenters. The van der Waals surface area contributed by atoms with Crippen LogP contribution in [0.15, 0.2) is 425 Å². The summed E-state index contributed by atoms with van der Waals surface area (Å²) in [5, 5.41) is 11.0. The van der Waals surface area contributed by atoms with Crippen LogP contribution in [0.1, 0.15) is 66.8 Å². The van der Waals surface area contributed by atoms with Crippen LogP contribution >= 0.6 is 0 Å². The van der Waals surface area contributed by atoms with E-state index in [1.165, 1.54) is 145 Å². The molecule has 0 heterocycles. The van der Waals surface area contributed by atoms with E-state index in [1.807, 2.05) is 6.07 Å². The molecule has 0 saturated heterocycles. The third kappa shape index (κ3) is 10.2. The van der Waals surface area contributed by atoms with Crippen molar-refractivity contribution < 1.29 is 0 Å². The SMILES string of the molecule is c1ccc(-c2ccc(Nc3ccc4c(c3)C(c3ccccc3)(c3ccccc3)c3ccccc3-4)cc2)cc1.c1ccc(-c2ccc(Nc3ccc4c(c3)C3(c5ccccc5-c5ccccc53)c3ccccc3-4)cc2)cc1.c1ccc(Nc2ccc3c(c2)C2(c4ccccc4-c4ccccc42)c2ccccc2-3)cc1. The van der Waals surface area contributed by atoms with Crippen LogP contribution in [-0.2, 0) is 16.2 Å². The van der Waals surface area contributed by atoms with Gasteiger partial charge in [-0.15, -0.1) is 0 Å². The lowest BCUT2D eigenvalue weighted by Gasteiger charge is -2.34. The molecule has 3 heteroatoms. The van der Waals surface area contributed by atoms with Gasteiger partial charge in [0, 0.05) is 34.1 Å². The van der Waals surface area contributed by atoms with E-state index in [1.54, 1.807) is 0 Å². The molecule has 3 nitrogen and oxygen atoms in total. The van der Waals surface area contributed by atoms with Crippen LogP contribution in [-0.4, -0.2) is 0 Å². The monoisotopic (exact) mass is 1380 g/mol. The van der Waals surface area contributed by atoms with Gasteiger partial charge in [0.2, 0.25) is 0 Å². The minimum atomic E-state index is -0.386. The number of anilines is 6. The van der Waals surface area contributed by atoms with Gasteiger partial charge in [-0.1, -0.05) is 352 Å². The fourth-order valence-corrected chi connectivity index (χ4v) is 18.6. The fourth-order valence-electron chi connectivity index (χ4n) is 18.6. The third-order valence-electron chi connectivity index (χ3n) is 23.1. The quantitative estimate of drug-likeness (QED) is 0.128. The summed E-state index contributed by atoms with van der Waals surface area (Å²) in [5.41, 5.74) is 39.9. The summed E-state index contributed by atoms with van der Waals surface area (Å²) in [6, 6.07) is 154. The Labute approximate surface area is 631 Å². The third-order valence-corrected chi connectivity index (χ3v) is 23.1. The van der Waals surface area contributed by atoms with Gasteiger partial charge < -0.3 is 16.0 Å². The minimum Gasteiger partial charge on any atom is -0.356 e. The molecule has 108 heavy (non-hydrogen) atoms. The molecule has 5 aliphatic rings. The smallest absolute Gasteiger partial charge is 0.0726 e. The fraction of sp³-hybridized carbons (Fsp3) is 0.0286. The number of hydrogen-bond donors (Lipinski definition) is 3. The Hall–Kier alpha value is -13.9. The van der Waals surface area contributed by atoms with E-state index < -0.39 is 0 Å². The van der Waals surface area contributed by atoms with Crippen molar-refractivity contribution in [3.63, 3.8) is 0 Å². The van der Waals surface area contributed by atoms with Crippen molar-refractivity contribution in [3.8, 4) is 77.9 Å². The lowest BCUT2D eigenvalue weighted by molar-refractivity contribution is 0.769. The van der Waals surface area contributed by atoms with E-state index in [9.17, 15) is 0 Å². The van der Waals surface area contributed by atoms with Crippen molar-refractivity contribution in [1.29, 1.82) is 0 Å². The van der Waals surface area contributed by atoms with E-state index in [4.69, 9.17) is 0 Å². The van der Waals surface area contributed by atoms with Gasteiger partial charge >= 0.3 is 0 Å². The lowest BCUT2D eigenvalue weighted by atomic mass is 9.67. The zero-order valence-electron chi connectivity index (χ0n) is 59.4. The Morgan fingerprint density at radius 2 is 0.324 bits per heavy atom. The van der Waals surface area contributed by atoms with Gasteiger partial charge in [0.25, 0.3) is 0 Å². The first-order valence-corrected chi connectivity index (χ1v) is 37.5. The van der Waals surface area contributed by atoms with Gasteiger partial charge in [-0.2, -0.15) is 0 Å². The first-order chi connectivity index (χ1) is 53.5. The maximum atomic E-state index is 3.69. The van der Waals surface area contributed by atoms with Crippen LogP contribution in [0, 0.1) is 0 Å². The van der Waals surface area contributed by atoms with E-state index in [0.29, 0.717) is 0 Å². The second-order valence-corrected chi connectivity index (χ2v) is 28.7. The van der Waals surface area contributed by atoms with Crippen LogP contribution in [0.3, 0.4) is 0 Å². The van der Waals surface area contributed by atoms with Crippen molar-refractivity contribution in [2.24, 2.45) is 0 Å². The molecular formula is C105H73N3. The van der Waals surface area contributed by atoms with Crippen LogP contribution < -0.4 is 16.0 Å². The summed E-state index contributed by atoms with van der Waals surface area (Å²) in [6.45, 7) is 0. The molecule has 3 N–H and O–H groups in total. The Bertz CT molecular complexity index is 5890. The molecule has 17 aromatic rings. The topological polar surface area (TPSA) is 36.1 Å². The number of hydrogen-bond acceptors (Lipinski definition) is 3. The van der Waals surface area contributed by atoms with Gasteiger partial charge in [0.1, 0.15) is 0 Å². The molecule has 5 aliphatic carbocycles. The molecule has 0 radical (unpaired) electrons. The number of para-hydroxylation sites is 1. The molecular weight excluding hydrogens is 1300 g/mol. The number of fused-ring (bicyclic) bond motifs is 23. The van der Waals surface area contributed by atoms with Crippen molar-refractivity contribution in [1.82, 2.24) is 0 Å².